The lowest BCUT2D eigenvalue weighted by Crippen LogP contribution is -2.47. The first-order valence-electron chi connectivity index (χ1n) is 13.0. The number of anilines is 1. The highest BCUT2D eigenvalue weighted by molar-refractivity contribution is 5.53. The summed E-state index contributed by atoms with van der Waals surface area (Å²) >= 11 is 0. The van der Waals surface area contributed by atoms with Crippen molar-refractivity contribution in [2.75, 3.05) is 57.3 Å². The summed E-state index contributed by atoms with van der Waals surface area (Å²) in [6.45, 7) is 9.07. The van der Waals surface area contributed by atoms with E-state index in [9.17, 15) is 24.6 Å². The third-order valence-electron chi connectivity index (χ3n) is 7.02. The molecule has 0 bridgehead atoms. The van der Waals surface area contributed by atoms with Crippen molar-refractivity contribution in [3.63, 3.8) is 0 Å². The summed E-state index contributed by atoms with van der Waals surface area (Å²) in [6, 6.07) is 13.3. The molecule has 0 unspecified atom stereocenters. The highest BCUT2D eigenvalue weighted by atomic mass is 19.1. The summed E-state index contributed by atoms with van der Waals surface area (Å²) in [5, 5.41) is 24.1. The van der Waals surface area contributed by atoms with E-state index in [1.54, 1.807) is 18.2 Å². The lowest BCUT2D eigenvalue weighted by molar-refractivity contribution is -0.385. The molecule has 0 aromatic heterocycles. The quantitative estimate of drug-likeness (QED) is 0.476. The first kappa shape index (κ1) is 26.9. The van der Waals surface area contributed by atoms with E-state index in [2.05, 4.69) is 20.0 Å². The Morgan fingerprint density at radius 2 is 1.24 bits per heavy atom. The Morgan fingerprint density at radius 3 is 1.73 bits per heavy atom. The third-order valence-corrected chi connectivity index (χ3v) is 7.02. The van der Waals surface area contributed by atoms with E-state index in [0.29, 0.717) is 0 Å². The summed E-state index contributed by atoms with van der Waals surface area (Å²) in [5.41, 5.74) is 0.928. The van der Waals surface area contributed by atoms with Crippen molar-refractivity contribution in [2.45, 2.75) is 37.8 Å². The summed E-state index contributed by atoms with van der Waals surface area (Å²) in [7, 11) is 0. The predicted molar refractivity (Wildman–Crippen MR) is 140 cm³/mol. The van der Waals surface area contributed by atoms with Gasteiger partial charge in [0.05, 0.1) is 15.9 Å². The van der Waals surface area contributed by atoms with Gasteiger partial charge in [0.2, 0.25) is 0 Å². The number of piperazine rings is 2. The van der Waals surface area contributed by atoms with Gasteiger partial charge >= 0.3 is 0 Å². The van der Waals surface area contributed by atoms with Gasteiger partial charge < -0.3 is 10.2 Å². The normalized spacial score (nSPS) is 20.2. The fourth-order valence-electron chi connectivity index (χ4n) is 4.66. The molecule has 2 aromatic carbocycles. The molecule has 37 heavy (non-hydrogen) atoms. The SMILES string of the molecule is C1CN(C2CC2)CCN1.O=[N+]([O-])c1cccc(F)c1.O=[N+]([O-])c1cccc(N2CCN(C3CC3)CC2)c1. The summed E-state index contributed by atoms with van der Waals surface area (Å²) < 4.78 is 12.2. The molecule has 4 fully saturated rings. The van der Waals surface area contributed by atoms with Crippen LogP contribution in [0.5, 0.6) is 0 Å². The second-order valence-corrected chi connectivity index (χ2v) is 9.79. The van der Waals surface area contributed by atoms with Crippen LogP contribution in [0, 0.1) is 26.0 Å². The number of non-ortho nitro benzene ring substituents is 2. The molecule has 10 nitrogen and oxygen atoms in total. The van der Waals surface area contributed by atoms with E-state index in [4.69, 9.17) is 0 Å². The fraction of sp³-hybridized carbons (Fsp3) is 0.538. The van der Waals surface area contributed by atoms with Gasteiger partial charge in [0, 0.05) is 88.3 Å². The zero-order chi connectivity index (χ0) is 26.2. The molecule has 2 aliphatic carbocycles. The zero-order valence-electron chi connectivity index (χ0n) is 21.0. The minimum absolute atomic E-state index is 0.178. The number of nitrogens with zero attached hydrogens (tertiary/aromatic N) is 5. The van der Waals surface area contributed by atoms with Crippen LogP contribution in [-0.4, -0.2) is 84.1 Å². The average molecular weight is 515 g/mol. The van der Waals surface area contributed by atoms with Crippen molar-refractivity contribution in [2.24, 2.45) is 0 Å². The Balaban J connectivity index is 0.000000142. The maximum Gasteiger partial charge on any atom is 0.272 e. The van der Waals surface area contributed by atoms with Gasteiger partial charge in [-0.1, -0.05) is 12.1 Å². The van der Waals surface area contributed by atoms with Gasteiger partial charge in [-0.25, -0.2) is 4.39 Å². The Morgan fingerprint density at radius 1 is 0.730 bits per heavy atom. The Hall–Kier alpha value is -3.15. The zero-order valence-corrected chi connectivity index (χ0v) is 21.0. The van der Waals surface area contributed by atoms with Crippen LogP contribution in [-0.2, 0) is 0 Å². The molecule has 2 saturated carbocycles. The molecule has 2 aromatic rings. The van der Waals surface area contributed by atoms with Crippen LogP contribution in [0.15, 0.2) is 48.5 Å². The number of benzene rings is 2. The number of hydrogen-bond acceptors (Lipinski definition) is 8. The van der Waals surface area contributed by atoms with Crippen LogP contribution in [0.1, 0.15) is 25.7 Å². The van der Waals surface area contributed by atoms with Gasteiger partial charge in [-0.05, 0) is 37.8 Å². The Kier molecular flexibility index (Phi) is 9.37. The summed E-state index contributed by atoms with van der Waals surface area (Å²) in [5.74, 6) is -0.589. The molecule has 11 heteroatoms. The van der Waals surface area contributed by atoms with Gasteiger partial charge in [0.15, 0.2) is 0 Å². The number of nitrogens with one attached hydrogen (secondary N) is 1. The molecule has 200 valence electrons. The summed E-state index contributed by atoms with van der Waals surface area (Å²) in [4.78, 5) is 27.2. The van der Waals surface area contributed by atoms with Crippen LogP contribution in [0.4, 0.5) is 21.5 Å². The van der Waals surface area contributed by atoms with Gasteiger partial charge in [-0.3, -0.25) is 30.0 Å². The second kappa shape index (κ2) is 12.9. The number of nitro groups is 2. The number of nitro benzene ring substituents is 2. The topological polar surface area (TPSA) is 108 Å². The lowest BCUT2D eigenvalue weighted by atomic mass is 10.2. The van der Waals surface area contributed by atoms with E-state index in [0.717, 1.165) is 56.1 Å². The second-order valence-electron chi connectivity index (χ2n) is 9.79. The van der Waals surface area contributed by atoms with Crippen molar-refractivity contribution in [3.05, 3.63) is 74.6 Å². The van der Waals surface area contributed by atoms with Crippen LogP contribution >= 0.6 is 0 Å². The maximum atomic E-state index is 12.2. The molecule has 2 aliphatic heterocycles. The monoisotopic (exact) mass is 514 g/mol. The van der Waals surface area contributed by atoms with Crippen LogP contribution in [0.2, 0.25) is 0 Å². The van der Waals surface area contributed by atoms with Crippen molar-refractivity contribution >= 4 is 17.1 Å². The summed E-state index contributed by atoms with van der Waals surface area (Å²) in [6.07, 6.45) is 5.60. The Bertz CT molecular complexity index is 1050. The maximum absolute atomic E-state index is 12.2. The molecule has 6 rings (SSSR count). The van der Waals surface area contributed by atoms with Crippen molar-refractivity contribution in [3.8, 4) is 0 Å². The molecule has 0 radical (unpaired) electrons. The first-order valence-corrected chi connectivity index (χ1v) is 13.0. The van der Waals surface area contributed by atoms with Crippen molar-refractivity contribution in [1.82, 2.24) is 15.1 Å². The Labute approximate surface area is 216 Å². The predicted octanol–water partition coefficient (Wildman–Crippen LogP) is 3.67. The molecule has 2 saturated heterocycles. The van der Waals surface area contributed by atoms with E-state index in [1.807, 2.05) is 6.07 Å². The number of hydrogen-bond donors (Lipinski definition) is 1. The average Bonchev–Trinajstić information content (AvgIpc) is 3.84. The van der Waals surface area contributed by atoms with E-state index in [1.165, 1.54) is 64.0 Å². The molecular formula is C26H35FN6O4. The third kappa shape index (κ3) is 8.44. The number of halogens is 1. The van der Waals surface area contributed by atoms with E-state index < -0.39 is 10.7 Å². The first-order chi connectivity index (χ1) is 17.9. The van der Waals surface area contributed by atoms with Gasteiger partial charge in [-0.15, -0.1) is 0 Å². The van der Waals surface area contributed by atoms with Crippen molar-refractivity contribution in [1.29, 1.82) is 0 Å². The van der Waals surface area contributed by atoms with Crippen LogP contribution in [0.25, 0.3) is 0 Å². The lowest BCUT2D eigenvalue weighted by Gasteiger charge is -2.36. The molecule has 1 N–H and O–H groups in total. The highest BCUT2D eigenvalue weighted by Gasteiger charge is 2.31. The minimum atomic E-state index is -0.636. The van der Waals surface area contributed by atoms with Crippen LogP contribution < -0.4 is 10.2 Å². The standard InChI is InChI=1S/C13H17N3O2.C7H14N2.C6H4FNO2/c17-16(18)13-3-1-2-12(10-13)15-8-6-14(7-9-15)11-4-5-11;1-2-7(1)9-5-3-8-4-6-9;7-5-2-1-3-6(4-5)8(9)10/h1-3,10-11H,4-9H2;7-8H,1-6H2;1-4H. The fourth-order valence-corrected chi connectivity index (χ4v) is 4.66. The van der Waals surface area contributed by atoms with E-state index in [-0.39, 0.29) is 16.3 Å². The van der Waals surface area contributed by atoms with Gasteiger partial charge in [0.25, 0.3) is 11.4 Å². The minimum Gasteiger partial charge on any atom is -0.369 e. The largest absolute Gasteiger partial charge is 0.369 e. The molecule has 4 aliphatic rings. The molecule has 2 heterocycles. The molecular weight excluding hydrogens is 479 g/mol. The van der Waals surface area contributed by atoms with Gasteiger partial charge in [-0.2, -0.15) is 0 Å². The van der Waals surface area contributed by atoms with Gasteiger partial charge in [0.1, 0.15) is 5.82 Å². The van der Waals surface area contributed by atoms with E-state index >= 15 is 0 Å². The molecule has 0 amide bonds. The number of rotatable bonds is 5. The molecule has 0 atom stereocenters. The highest BCUT2D eigenvalue weighted by Crippen LogP contribution is 2.29. The van der Waals surface area contributed by atoms with Crippen molar-refractivity contribution < 1.29 is 14.2 Å². The smallest absolute Gasteiger partial charge is 0.272 e. The van der Waals surface area contributed by atoms with Crippen LogP contribution in [0.3, 0.4) is 0 Å². The molecule has 0 spiro atoms.